The quantitative estimate of drug-likeness (QED) is 0.827. The van der Waals surface area contributed by atoms with E-state index in [4.69, 9.17) is 9.52 Å². The van der Waals surface area contributed by atoms with Crippen LogP contribution in [0.3, 0.4) is 0 Å². The maximum absolute atomic E-state index is 13.0. The van der Waals surface area contributed by atoms with Gasteiger partial charge in [-0.15, -0.1) is 0 Å². The largest absolute Gasteiger partial charge is 0.468 e. The van der Waals surface area contributed by atoms with E-state index in [0.717, 1.165) is 64.0 Å². The van der Waals surface area contributed by atoms with Gasteiger partial charge in [-0.25, -0.2) is 0 Å². The maximum atomic E-state index is 13.0. The summed E-state index contributed by atoms with van der Waals surface area (Å²) < 4.78 is 7.54. The zero-order valence-electron chi connectivity index (χ0n) is 15.8. The molecule has 0 radical (unpaired) electrons. The molecule has 1 amide bonds. The van der Waals surface area contributed by atoms with E-state index >= 15 is 0 Å². The van der Waals surface area contributed by atoms with Crippen molar-refractivity contribution < 1.29 is 9.21 Å². The van der Waals surface area contributed by atoms with E-state index in [1.165, 1.54) is 11.3 Å². The van der Waals surface area contributed by atoms with E-state index < -0.39 is 0 Å². The molecule has 2 aliphatic rings. The van der Waals surface area contributed by atoms with Crippen LogP contribution in [-0.2, 0) is 25.9 Å². The predicted octanol–water partition coefficient (Wildman–Crippen LogP) is 2.72. The van der Waals surface area contributed by atoms with Crippen LogP contribution in [0.15, 0.2) is 22.8 Å². The maximum Gasteiger partial charge on any atom is 0.274 e. The third-order valence-electron chi connectivity index (χ3n) is 5.82. The molecule has 1 aliphatic heterocycles. The number of furan rings is 1. The van der Waals surface area contributed by atoms with Crippen molar-refractivity contribution >= 4 is 5.91 Å². The standard InChI is InChI=1S/C20H28N4O2/c1-3-24-18-9-8-15(22(2)14-16-7-6-12-26-16)13-17(18)19(21-24)20(25)23-10-4-5-11-23/h6-7,12,15H,3-5,8-11,13-14H2,1-2H3. The van der Waals surface area contributed by atoms with Gasteiger partial charge >= 0.3 is 0 Å². The van der Waals surface area contributed by atoms with Crippen molar-refractivity contribution in [1.29, 1.82) is 0 Å². The number of rotatable bonds is 5. The highest BCUT2D eigenvalue weighted by Crippen LogP contribution is 2.29. The molecule has 3 heterocycles. The van der Waals surface area contributed by atoms with E-state index in [9.17, 15) is 4.79 Å². The molecule has 2 aromatic heterocycles. The summed E-state index contributed by atoms with van der Waals surface area (Å²) in [6.45, 7) is 5.46. The zero-order chi connectivity index (χ0) is 18.1. The van der Waals surface area contributed by atoms with Crippen LogP contribution in [0, 0.1) is 0 Å². The highest BCUT2D eigenvalue weighted by Gasteiger charge is 2.32. The van der Waals surface area contributed by atoms with Crippen LogP contribution in [0.1, 0.15) is 53.7 Å². The summed E-state index contributed by atoms with van der Waals surface area (Å²) in [7, 11) is 2.14. The van der Waals surface area contributed by atoms with Crippen LogP contribution >= 0.6 is 0 Å². The summed E-state index contributed by atoms with van der Waals surface area (Å²) in [5, 5.41) is 4.71. The fourth-order valence-electron chi connectivity index (χ4n) is 4.33. The smallest absolute Gasteiger partial charge is 0.274 e. The Morgan fingerprint density at radius 1 is 1.38 bits per heavy atom. The van der Waals surface area contributed by atoms with Gasteiger partial charge in [0.25, 0.3) is 5.91 Å². The van der Waals surface area contributed by atoms with Crippen molar-refractivity contribution in [2.24, 2.45) is 0 Å². The number of amides is 1. The lowest BCUT2D eigenvalue weighted by Crippen LogP contribution is -2.37. The van der Waals surface area contributed by atoms with Gasteiger partial charge in [0.1, 0.15) is 5.76 Å². The van der Waals surface area contributed by atoms with Gasteiger partial charge in [-0.05, 0) is 58.2 Å². The van der Waals surface area contributed by atoms with Crippen molar-refractivity contribution in [2.45, 2.75) is 58.2 Å². The van der Waals surface area contributed by atoms with Gasteiger partial charge in [0.05, 0.1) is 12.8 Å². The van der Waals surface area contributed by atoms with Crippen molar-refractivity contribution in [3.05, 3.63) is 41.1 Å². The third kappa shape index (κ3) is 3.18. The summed E-state index contributed by atoms with van der Waals surface area (Å²) in [6.07, 6.45) is 6.90. The molecule has 1 saturated heterocycles. The fourth-order valence-corrected chi connectivity index (χ4v) is 4.33. The Morgan fingerprint density at radius 2 is 2.19 bits per heavy atom. The molecule has 1 unspecified atom stereocenters. The Kier molecular flexibility index (Phi) is 4.85. The summed E-state index contributed by atoms with van der Waals surface area (Å²) >= 11 is 0. The highest BCUT2D eigenvalue weighted by molar-refractivity contribution is 5.94. The van der Waals surface area contributed by atoms with Crippen LogP contribution in [0.5, 0.6) is 0 Å². The number of carbonyl (C=O) groups excluding carboxylic acids is 1. The Labute approximate surface area is 154 Å². The van der Waals surface area contributed by atoms with Crippen molar-refractivity contribution in [1.82, 2.24) is 19.6 Å². The molecule has 0 spiro atoms. The highest BCUT2D eigenvalue weighted by atomic mass is 16.3. The van der Waals surface area contributed by atoms with E-state index in [2.05, 4.69) is 18.9 Å². The van der Waals surface area contributed by atoms with Crippen molar-refractivity contribution in [2.75, 3.05) is 20.1 Å². The molecule has 0 N–H and O–H groups in total. The molecular formula is C20H28N4O2. The van der Waals surface area contributed by atoms with Crippen LogP contribution < -0.4 is 0 Å². The number of fused-ring (bicyclic) bond motifs is 1. The van der Waals surface area contributed by atoms with E-state index in [0.29, 0.717) is 11.7 Å². The van der Waals surface area contributed by atoms with Crippen LogP contribution in [-0.4, -0.2) is 51.7 Å². The van der Waals surface area contributed by atoms with Gasteiger partial charge in [-0.3, -0.25) is 14.4 Å². The molecule has 1 atom stereocenters. The van der Waals surface area contributed by atoms with Gasteiger partial charge in [-0.1, -0.05) is 0 Å². The van der Waals surface area contributed by atoms with Gasteiger partial charge in [0.15, 0.2) is 5.69 Å². The van der Waals surface area contributed by atoms with Gasteiger partial charge in [-0.2, -0.15) is 5.10 Å². The predicted molar refractivity (Wildman–Crippen MR) is 99.0 cm³/mol. The lowest BCUT2D eigenvalue weighted by Gasteiger charge is -2.31. The molecular weight excluding hydrogens is 328 g/mol. The lowest BCUT2D eigenvalue weighted by molar-refractivity contribution is 0.0784. The minimum atomic E-state index is 0.125. The second kappa shape index (κ2) is 7.27. The molecule has 6 nitrogen and oxygen atoms in total. The molecule has 0 aromatic carbocycles. The summed E-state index contributed by atoms with van der Waals surface area (Å²) in [4.78, 5) is 17.3. The Bertz CT molecular complexity index is 759. The molecule has 1 aliphatic carbocycles. The van der Waals surface area contributed by atoms with E-state index in [1.54, 1.807) is 6.26 Å². The number of hydrogen-bond acceptors (Lipinski definition) is 4. The van der Waals surface area contributed by atoms with Gasteiger partial charge in [0.2, 0.25) is 0 Å². The first-order chi connectivity index (χ1) is 12.7. The number of aryl methyl sites for hydroxylation is 1. The van der Waals surface area contributed by atoms with E-state index in [1.807, 2.05) is 21.7 Å². The number of carbonyl (C=O) groups is 1. The monoisotopic (exact) mass is 356 g/mol. The molecule has 2 aromatic rings. The second-order valence-electron chi connectivity index (χ2n) is 7.48. The first kappa shape index (κ1) is 17.3. The Morgan fingerprint density at radius 3 is 2.88 bits per heavy atom. The fraction of sp³-hybridized carbons (Fsp3) is 0.600. The van der Waals surface area contributed by atoms with Crippen molar-refractivity contribution in [3.63, 3.8) is 0 Å². The normalized spacial score (nSPS) is 20.0. The Hall–Kier alpha value is -2.08. The number of aromatic nitrogens is 2. The number of hydrogen-bond donors (Lipinski definition) is 0. The van der Waals surface area contributed by atoms with E-state index in [-0.39, 0.29) is 5.91 Å². The van der Waals surface area contributed by atoms with Gasteiger partial charge in [0, 0.05) is 36.9 Å². The minimum absolute atomic E-state index is 0.125. The second-order valence-corrected chi connectivity index (χ2v) is 7.48. The summed E-state index contributed by atoms with van der Waals surface area (Å²) in [5.41, 5.74) is 3.13. The molecule has 26 heavy (non-hydrogen) atoms. The SMILES string of the molecule is CCn1nc(C(=O)N2CCCC2)c2c1CCC(N(C)Cc1ccco1)C2. The van der Waals surface area contributed by atoms with Crippen LogP contribution in [0.25, 0.3) is 0 Å². The zero-order valence-corrected chi connectivity index (χ0v) is 15.8. The number of likely N-dealkylation sites (tertiary alicyclic amines) is 1. The molecule has 140 valence electrons. The van der Waals surface area contributed by atoms with Gasteiger partial charge < -0.3 is 9.32 Å². The first-order valence-electron chi connectivity index (χ1n) is 9.77. The summed E-state index contributed by atoms with van der Waals surface area (Å²) in [5.74, 6) is 1.11. The van der Waals surface area contributed by atoms with Crippen molar-refractivity contribution in [3.8, 4) is 0 Å². The first-order valence-corrected chi connectivity index (χ1v) is 9.77. The molecule has 0 bridgehead atoms. The summed E-state index contributed by atoms with van der Waals surface area (Å²) in [6, 6.07) is 4.36. The number of nitrogens with zero attached hydrogens (tertiary/aromatic N) is 4. The third-order valence-corrected chi connectivity index (χ3v) is 5.82. The average Bonchev–Trinajstić information content (AvgIpc) is 3.41. The molecule has 0 saturated carbocycles. The Balaban J connectivity index is 1.56. The molecule has 6 heteroatoms. The van der Waals surface area contributed by atoms with Crippen LogP contribution in [0.4, 0.5) is 0 Å². The molecule has 1 fully saturated rings. The minimum Gasteiger partial charge on any atom is -0.468 e. The topological polar surface area (TPSA) is 54.5 Å². The number of likely N-dealkylation sites (N-methyl/N-ethyl adjacent to an activating group) is 1. The average molecular weight is 356 g/mol. The van der Waals surface area contributed by atoms with Crippen LogP contribution in [0.2, 0.25) is 0 Å². The molecule has 4 rings (SSSR count). The lowest BCUT2D eigenvalue weighted by atomic mass is 9.90.